The average Bonchev–Trinajstić information content (AvgIpc) is 3.11. The average molecular weight is 342 g/mol. The Kier molecular flexibility index (Phi) is 4.59. The van der Waals surface area contributed by atoms with E-state index in [2.05, 4.69) is 28.5 Å². The van der Waals surface area contributed by atoms with Crippen LogP contribution in [-0.4, -0.2) is 10.9 Å². The lowest BCUT2D eigenvalue weighted by Gasteiger charge is -2.08. The fourth-order valence-corrected chi connectivity index (χ4v) is 4.08. The summed E-state index contributed by atoms with van der Waals surface area (Å²) in [6.45, 7) is 6.06. The van der Waals surface area contributed by atoms with Gasteiger partial charge in [0.05, 0.1) is 6.42 Å². The molecule has 3 nitrogen and oxygen atoms in total. The zero-order valence-electron chi connectivity index (χ0n) is 13.3. The maximum atomic E-state index is 12.4. The monoisotopic (exact) mass is 342 g/mol. The summed E-state index contributed by atoms with van der Waals surface area (Å²) in [7, 11) is 0. The van der Waals surface area contributed by atoms with Gasteiger partial charge in [0.25, 0.3) is 0 Å². The van der Waals surface area contributed by atoms with Crippen molar-refractivity contribution in [3.8, 4) is 10.6 Å². The van der Waals surface area contributed by atoms with E-state index in [1.165, 1.54) is 16.9 Å². The number of aryl methyl sites for hydroxylation is 3. The molecule has 0 aliphatic heterocycles. The lowest BCUT2D eigenvalue weighted by molar-refractivity contribution is -0.115. The van der Waals surface area contributed by atoms with Gasteiger partial charge in [-0.25, -0.2) is 4.98 Å². The maximum absolute atomic E-state index is 12.4. The van der Waals surface area contributed by atoms with Gasteiger partial charge >= 0.3 is 0 Å². The van der Waals surface area contributed by atoms with Crippen LogP contribution in [0.25, 0.3) is 10.6 Å². The van der Waals surface area contributed by atoms with E-state index in [1.54, 1.807) is 11.3 Å². The summed E-state index contributed by atoms with van der Waals surface area (Å²) in [5.41, 5.74) is 5.40. The van der Waals surface area contributed by atoms with E-state index >= 15 is 0 Å². The molecule has 1 N–H and O–H groups in total. The Bertz CT molecular complexity index is 848. The molecule has 1 aromatic carbocycles. The largest absolute Gasteiger partial charge is 0.317 e. The van der Waals surface area contributed by atoms with Crippen LogP contribution in [0.2, 0.25) is 0 Å². The third kappa shape index (κ3) is 3.68. The molecular weight excluding hydrogens is 324 g/mol. The minimum atomic E-state index is 0.00989. The third-order valence-electron chi connectivity index (χ3n) is 3.62. The number of thiophene rings is 1. The number of benzene rings is 1. The number of hydrogen-bond acceptors (Lipinski definition) is 4. The van der Waals surface area contributed by atoms with Gasteiger partial charge < -0.3 is 5.32 Å². The van der Waals surface area contributed by atoms with E-state index in [-0.39, 0.29) is 5.91 Å². The van der Waals surface area contributed by atoms with Gasteiger partial charge in [0, 0.05) is 16.6 Å². The zero-order valence-corrected chi connectivity index (χ0v) is 15.0. The number of carbonyl (C=O) groups excluding carboxylic acids is 1. The fraction of sp³-hybridized carbons (Fsp3) is 0.222. The summed E-state index contributed by atoms with van der Waals surface area (Å²) >= 11 is 3.14. The van der Waals surface area contributed by atoms with Crippen LogP contribution in [0.3, 0.4) is 0 Å². The van der Waals surface area contributed by atoms with E-state index in [0.717, 1.165) is 32.4 Å². The molecule has 0 fully saturated rings. The summed E-state index contributed by atoms with van der Waals surface area (Å²) in [6, 6.07) is 8.22. The molecule has 0 aliphatic carbocycles. The number of nitrogens with one attached hydrogen (secondary N) is 1. The van der Waals surface area contributed by atoms with Gasteiger partial charge in [0.2, 0.25) is 5.91 Å². The van der Waals surface area contributed by atoms with Crippen LogP contribution in [-0.2, 0) is 11.2 Å². The number of anilines is 1. The molecule has 0 radical (unpaired) electrons. The highest BCUT2D eigenvalue weighted by Crippen LogP contribution is 2.35. The van der Waals surface area contributed by atoms with E-state index in [0.29, 0.717) is 6.42 Å². The Morgan fingerprint density at radius 2 is 2.00 bits per heavy atom. The van der Waals surface area contributed by atoms with E-state index in [4.69, 9.17) is 0 Å². The molecule has 0 atom stereocenters. The van der Waals surface area contributed by atoms with Gasteiger partial charge in [0.15, 0.2) is 0 Å². The second-order valence-electron chi connectivity index (χ2n) is 5.61. The third-order valence-corrected chi connectivity index (χ3v) is 5.45. The number of carbonyl (C=O) groups is 1. The molecule has 0 saturated heterocycles. The number of amides is 1. The Morgan fingerprint density at radius 1 is 1.17 bits per heavy atom. The molecular formula is C18H18N2OS2. The first kappa shape index (κ1) is 15.9. The first-order chi connectivity index (χ1) is 11.0. The van der Waals surface area contributed by atoms with Crippen molar-refractivity contribution in [1.29, 1.82) is 0 Å². The van der Waals surface area contributed by atoms with Gasteiger partial charge in [-0.05, 0) is 43.3 Å². The van der Waals surface area contributed by atoms with E-state index < -0.39 is 0 Å². The van der Waals surface area contributed by atoms with Crippen molar-refractivity contribution in [2.75, 3.05) is 5.32 Å². The second kappa shape index (κ2) is 6.64. The normalized spacial score (nSPS) is 10.7. The molecule has 0 spiro atoms. The molecule has 3 aromatic rings. The quantitative estimate of drug-likeness (QED) is 0.726. The van der Waals surface area contributed by atoms with Crippen molar-refractivity contribution < 1.29 is 4.79 Å². The molecule has 2 heterocycles. The molecule has 118 valence electrons. The van der Waals surface area contributed by atoms with Crippen LogP contribution in [0.5, 0.6) is 0 Å². The lowest BCUT2D eigenvalue weighted by atomic mass is 10.0. The smallest absolute Gasteiger partial charge is 0.229 e. The fourth-order valence-electron chi connectivity index (χ4n) is 2.39. The van der Waals surface area contributed by atoms with E-state index in [9.17, 15) is 4.79 Å². The van der Waals surface area contributed by atoms with Gasteiger partial charge in [-0.2, -0.15) is 0 Å². The molecule has 3 rings (SSSR count). The van der Waals surface area contributed by atoms with Gasteiger partial charge in [-0.3, -0.25) is 4.79 Å². The number of aromatic nitrogens is 1. The van der Waals surface area contributed by atoms with Crippen molar-refractivity contribution >= 4 is 33.6 Å². The molecule has 2 aromatic heterocycles. The lowest BCUT2D eigenvalue weighted by Crippen LogP contribution is -2.14. The van der Waals surface area contributed by atoms with Gasteiger partial charge in [-0.1, -0.05) is 23.8 Å². The molecule has 0 unspecified atom stereocenters. The van der Waals surface area contributed by atoms with Crippen LogP contribution < -0.4 is 5.32 Å². The molecule has 0 saturated carbocycles. The summed E-state index contributed by atoms with van der Waals surface area (Å²) in [5, 5.41) is 8.87. The summed E-state index contributed by atoms with van der Waals surface area (Å²) in [4.78, 5) is 16.9. The minimum absolute atomic E-state index is 0.00989. The number of nitrogens with zero attached hydrogens (tertiary/aromatic N) is 1. The summed E-state index contributed by atoms with van der Waals surface area (Å²) in [5.74, 6) is 0.00989. The van der Waals surface area contributed by atoms with E-state index in [1.807, 2.05) is 37.6 Å². The van der Waals surface area contributed by atoms with Gasteiger partial charge in [0.1, 0.15) is 10.0 Å². The van der Waals surface area contributed by atoms with Crippen LogP contribution in [0.4, 0.5) is 5.00 Å². The highest BCUT2D eigenvalue weighted by atomic mass is 32.1. The Hall–Kier alpha value is -1.98. The van der Waals surface area contributed by atoms with Crippen LogP contribution >= 0.6 is 22.7 Å². The first-order valence-electron chi connectivity index (χ1n) is 7.39. The van der Waals surface area contributed by atoms with Crippen LogP contribution in [0, 0.1) is 20.8 Å². The number of rotatable bonds is 4. The van der Waals surface area contributed by atoms with Crippen molar-refractivity contribution in [2.45, 2.75) is 27.2 Å². The minimum Gasteiger partial charge on any atom is -0.317 e. The van der Waals surface area contributed by atoms with Crippen molar-refractivity contribution in [1.82, 2.24) is 4.98 Å². The van der Waals surface area contributed by atoms with Crippen molar-refractivity contribution in [2.24, 2.45) is 0 Å². The Morgan fingerprint density at radius 3 is 2.74 bits per heavy atom. The topological polar surface area (TPSA) is 42.0 Å². The maximum Gasteiger partial charge on any atom is 0.229 e. The molecule has 0 aliphatic rings. The number of thiazole rings is 1. The Labute approximate surface area is 144 Å². The number of hydrogen-bond donors (Lipinski definition) is 1. The predicted molar refractivity (Wildman–Crippen MR) is 98.4 cm³/mol. The van der Waals surface area contributed by atoms with Crippen LogP contribution in [0.15, 0.2) is 35.0 Å². The molecule has 23 heavy (non-hydrogen) atoms. The zero-order chi connectivity index (χ0) is 16.4. The highest BCUT2D eigenvalue weighted by Gasteiger charge is 2.14. The molecule has 5 heteroatoms. The first-order valence-corrected chi connectivity index (χ1v) is 9.15. The van der Waals surface area contributed by atoms with Crippen molar-refractivity contribution in [3.05, 3.63) is 57.4 Å². The van der Waals surface area contributed by atoms with Gasteiger partial charge in [-0.15, -0.1) is 22.7 Å². The van der Waals surface area contributed by atoms with Crippen molar-refractivity contribution in [3.63, 3.8) is 0 Å². The summed E-state index contributed by atoms with van der Waals surface area (Å²) < 4.78 is 0. The molecule has 1 amide bonds. The second-order valence-corrected chi connectivity index (χ2v) is 7.39. The predicted octanol–water partition coefficient (Wildman–Crippen LogP) is 4.98. The SMILES string of the molecule is Cc1ccc(C)c(CC(=O)Nc2sccc2-c2nc(C)cs2)c1. The Balaban J connectivity index is 1.76. The standard InChI is InChI=1S/C18H18N2OS2/c1-11-4-5-12(2)14(8-11)9-16(21)20-18-15(6-7-22-18)17-19-13(3)10-23-17/h4-8,10H,9H2,1-3H3,(H,20,21). The highest BCUT2D eigenvalue weighted by molar-refractivity contribution is 7.17. The van der Waals surface area contributed by atoms with Crippen LogP contribution in [0.1, 0.15) is 22.4 Å². The summed E-state index contributed by atoms with van der Waals surface area (Å²) in [6.07, 6.45) is 0.391. The molecule has 0 bridgehead atoms.